The highest BCUT2D eigenvalue weighted by Crippen LogP contribution is 2.34. The van der Waals surface area contributed by atoms with Crippen LogP contribution in [0.15, 0.2) is 108 Å². The van der Waals surface area contributed by atoms with E-state index >= 15 is 0 Å². The van der Waals surface area contributed by atoms with Gasteiger partial charge in [0.05, 0.1) is 10.6 Å². The number of hydrogen-bond donors (Lipinski definition) is 1. The fraction of sp³-hybridized carbons (Fsp3) is 0.107. The molecule has 0 aromatic heterocycles. The Kier molecular flexibility index (Phi) is 5.90. The first-order valence-corrected chi connectivity index (χ1v) is 12.8. The molecule has 0 saturated heterocycles. The van der Waals surface area contributed by atoms with Crippen molar-refractivity contribution < 1.29 is 13.2 Å². The Balaban J connectivity index is 1.28. The SMILES string of the molecule is O=C(Nc1ccc(N2CCc3ccccc32)cc1)c1cccc(CS(=O)(=O)c2ccccc2)c1. The lowest BCUT2D eigenvalue weighted by molar-refractivity contribution is 0.102. The maximum Gasteiger partial charge on any atom is 0.255 e. The van der Waals surface area contributed by atoms with Crippen molar-refractivity contribution in [2.45, 2.75) is 17.1 Å². The number of carbonyl (C=O) groups excluding carboxylic acids is 1. The Hall–Kier alpha value is -3.90. The molecule has 6 heteroatoms. The molecule has 4 aromatic carbocycles. The number of sulfone groups is 1. The summed E-state index contributed by atoms with van der Waals surface area (Å²) in [5.41, 5.74) is 5.31. The van der Waals surface area contributed by atoms with Gasteiger partial charge < -0.3 is 10.2 Å². The number of fused-ring (bicyclic) bond motifs is 1. The number of carbonyl (C=O) groups is 1. The van der Waals surface area contributed by atoms with Gasteiger partial charge in [0.1, 0.15) is 0 Å². The number of anilines is 3. The third-order valence-corrected chi connectivity index (χ3v) is 7.68. The van der Waals surface area contributed by atoms with E-state index in [1.807, 2.05) is 30.3 Å². The number of benzene rings is 4. The van der Waals surface area contributed by atoms with Crippen molar-refractivity contribution in [1.82, 2.24) is 0 Å². The van der Waals surface area contributed by atoms with Crippen molar-refractivity contribution in [3.05, 3.63) is 120 Å². The Bertz CT molecular complexity index is 1430. The smallest absolute Gasteiger partial charge is 0.255 e. The van der Waals surface area contributed by atoms with Crippen molar-refractivity contribution in [1.29, 1.82) is 0 Å². The lowest BCUT2D eigenvalue weighted by atomic mass is 10.1. The number of nitrogens with zero attached hydrogens (tertiary/aromatic N) is 1. The average Bonchev–Trinajstić information content (AvgIpc) is 3.29. The average molecular weight is 469 g/mol. The van der Waals surface area contributed by atoms with E-state index in [2.05, 4.69) is 28.4 Å². The molecule has 170 valence electrons. The van der Waals surface area contributed by atoms with Crippen LogP contribution in [0.1, 0.15) is 21.5 Å². The summed E-state index contributed by atoms with van der Waals surface area (Å²) in [5, 5.41) is 2.91. The van der Waals surface area contributed by atoms with Crippen LogP contribution in [0.25, 0.3) is 0 Å². The monoisotopic (exact) mass is 468 g/mol. The molecule has 5 nitrogen and oxygen atoms in total. The molecule has 1 amide bonds. The van der Waals surface area contributed by atoms with Gasteiger partial charge in [-0.25, -0.2) is 8.42 Å². The summed E-state index contributed by atoms with van der Waals surface area (Å²) in [5.74, 6) is -0.442. The molecule has 1 aliphatic rings. The van der Waals surface area contributed by atoms with Crippen LogP contribution in [0.5, 0.6) is 0 Å². The molecule has 0 aliphatic carbocycles. The zero-order valence-corrected chi connectivity index (χ0v) is 19.3. The maximum atomic E-state index is 12.8. The fourth-order valence-corrected chi connectivity index (χ4v) is 5.62. The number of para-hydroxylation sites is 1. The second kappa shape index (κ2) is 9.15. The summed E-state index contributed by atoms with van der Waals surface area (Å²) in [4.78, 5) is 15.4. The van der Waals surface area contributed by atoms with Crippen LogP contribution in [-0.4, -0.2) is 20.9 Å². The molecule has 0 radical (unpaired) electrons. The lowest BCUT2D eigenvalue weighted by Crippen LogP contribution is -2.14. The molecule has 0 unspecified atom stereocenters. The topological polar surface area (TPSA) is 66.5 Å². The largest absolute Gasteiger partial charge is 0.341 e. The van der Waals surface area contributed by atoms with E-state index in [-0.39, 0.29) is 16.6 Å². The van der Waals surface area contributed by atoms with Crippen LogP contribution in [0.4, 0.5) is 17.1 Å². The van der Waals surface area contributed by atoms with E-state index in [0.717, 1.165) is 18.7 Å². The van der Waals surface area contributed by atoms with Crippen molar-refractivity contribution in [3.8, 4) is 0 Å². The summed E-state index contributed by atoms with van der Waals surface area (Å²) in [6, 6.07) is 31.2. The second-order valence-corrected chi connectivity index (χ2v) is 10.3. The Morgan fingerprint density at radius 3 is 2.35 bits per heavy atom. The van der Waals surface area contributed by atoms with E-state index < -0.39 is 9.84 Å². The molecule has 34 heavy (non-hydrogen) atoms. The molecular weight excluding hydrogens is 444 g/mol. The van der Waals surface area contributed by atoms with Crippen molar-refractivity contribution in [3.63, 3.8) is 0 Å². The first-order valence-electron chi connectivity index (χ1n) is 11.1. The highest BCUT2D eigenvalue weighted by atomic mass is 32.2. The van der Waals surface area contributed by atoms with Gasteiger partial charge in [0.2, 0.25) is 0 Å². The van der Waals surface area contributed by atoms with E-state index in [1.54, 1.807) is 54.6 Å². The standard InChI is InChI=1S/C28H24N2O3S/c31-28(23-9-6-7-21(19-23)20-34(32,33)26-10-2-1-3-11-26)29-24-13-15-25(16-14-24)30-18-17-22-8-4-5-12-27(22)30/h1-16,19H,17-18,20H2,(H,29,31). The summed E-state index contributed by atoms with van der Waals surface area (Å²) in [6.07, 6.45) is 1.02. The van der Waals surface area contributed by atoms with Crippen molar-refractivity contribution in [2.24, 2.45) is 0 Å². The summed E-state index contributed by atoms with van der Waals surface area (Å²) in [6.45, 7) is 0.934. The summed E-state index contributed by atoms with van der Waals surface area (Å²) >= 11 is 0. The minimum absolute atomic E-state index is 0.163. The highest BCUT2D eigenvalue weighted by Gasteiger charge is 2.20. The van der Waals surface area contributed by atoms with Crippen LogP contribution < -0.4 is 10.2 Å². The van der Waals surface area contributed by atoms with Crippen molar-refractivity contribution in [2.75, 3.05) is 16.8 Å². The Morgan fingerprint density at radius 2 is 1.56 bits per heavy atom. The molecule has 1 heterocycles. The van der Waals surface area contributed by atoms with Gasteiger partial charge in [-0.3, -0.25) is 4.79 Å². The molecule has 0 bridgehead atoms. The third kappa shape index (κ3) is 4.58. The van der Waals surface area contributed by atoms with E-state index in [1.165, 1.54) is 11.3 Å². The quantitative estimate of drug-likeness (QED) is 0.400. The molecule has 0 spiro atoms. The second-order valence-electron chi connectivity index (χ2n) is 8.30. The van der Waals surface area contributed by atoms with Gasteiger partial charge in [0, 0.05) is 29.2 Å². The molecule has 0 atom stereocenters. The maximum absolute atomic E-state index is 12.8. The van der Waals surface area contributed by atoms with Gasteiger partial charge in [-0.2, -0.15) is 0 Å². The number of nitrogens with one attached hydrogen (secondary N) is 1. The molecule has 5 rings (SSSR count). The van der Waals surface area contributed by atoms with Crippen LogP contribution in [0.3, 0.4) is 0 Å². The van der Waals surface area contributed by atoms with E-state index in [9.17, 15) is 13.2 Å². The van der Waals surface area contributed by atoms with Gasteiger partial charge in [-0.05, 0) is 72.1 Å². The predicted octanol–water partition coefficient (Wildman–Crippen LogP) is 5.61. The van der Waals surface area contributed by atoms with Gasteiger partial charge in [0.15, 0.2) is 9.84 Å². The molecule has 1 N–H and O–H groups in total. The summed E-state index contributed by atoms with van der Waals surface area (Å²) < 4.78 is 25.4. The van der Waals surface area contributed by atoms with Gasteiger partial charge in [-0.15, -0.1) is 0 Å². The molecular formula is C28H24N2O3S. The molecule has 0 fully saturated rings. The van der Waals surface area contributed by atoms with Crippen LogP contribution in [0, 0.1) is 0 Å². The molecule has 1 aliphatic heterocycles. The lowest BCUT2D eigenvalue weighted by Gasteiger charge is -2.20. The van der Waals surface area contributed by atoms with Crippen LogP contribution in [-0.2, 0) is 22.0 Å². The van der Waals surface area contributed by atoms with Gasteiger partial charge in [0.25, 0.3) is 5.91 Å². The highest BCUT2D eigenvalue weighted by molar-refractivity contribution is 7.90. The van der Waals surface area contributed by atoms with Gasteiger partial charge in [-0.1, -0.05) is 48.5 Å². The van der Waals surface area contributed by atoms with Crippen LogP contribution >= 0.6 is 0 Å². The van der Waals surface area contributed by atoms with E-state index in [0.29, 0.717) is 16.8 Å². The minimum Gasteiger partial charge on any atom is -0.341 e. The number of rotatable bonds is 6. The Morgan fingerprint density at radius 1 is 0.824 bits per heavy atom. The normalized spacial score (nSPS) is 12.9. The fourth-order valence-electron chi connectivity index (χ4n) is 4.27. The molecule has 4 aromatic rings. The van der Waals surface area contributed by atoms with Gasteiger partial charge >= 0.3 is 0 Å². The minimum atomic E-state index is -3.49. The predicted molar refractivity (Wildman–Crippen MR) is 135 cm³/mol. The third-order valence-electron chi connectivity index (χ3n) is 5.97. The summed E-state index contributed by atoms with van der Waals surface area (Å²) in [7, 11) is -3.49. The van der Waals surface area contributed by atoms with E-state index in [4.69, 9.17) is 0 Å². The molecule has 0 saturated carbocycles. The first-order chi connectivity index (χ1) is 16.5. The van der Waals surface area contributed by atoms with Crippen LogP contribution in [0.2, 0.25) is 0 Å². The zero-order chi connectivity index (χ0) is 23.5. The Labute approximate surface area is 199 Å². The first kappa shape index (κ1) is 21.9. The zero-order valence-electron chi connectivity index (χ0n) is 18.5. The van der Waals surface area contributed by atoms with Crippen molar-refractivity contribution >= 4 is 32.8 Å². The number of amides is 1. The number of hydrogen-bond acceptors (Lipinski definition) is 4.